The second-order valence-corrected chi connectivity index (χ2v) is 6.90. The van der Waals surface area contributed by atoms with E-state index in [2.05, 4.69) is 15.3 Å². The molecule has 2 heterocycles. The summed E-state index contributed by atoms with van der Waals surface area (Å²) in [5, 5.41) is 13.6. The zero-order valence-electron chi connectivity index (χ0n) is 15.9. The number of nitrogens with one attached hydrogen (secondary N) is 1. The van der Waals surface area contributed by atoms with E-state index in [0.29, 0.717) is 11.0 Å². The molecule has 0 amide bonds. The van der Waals surface area contributed by atoms with E-state index < -0.39 is 17.0 Å². The van der Waals surface area contributed by atoms with Crippen molar-refractivity contribution in [2.75, 3.05) is 5.32 Å². The van der Waals surface area contributed by atoms with Gasteiger partial charge in [-0.15, -0.1) is 12.4 Å². The van der Waals surface area contributed by atoms with Gasteiger partial charge in [0.25, 0.3) is 5.56 Å². The van der Waals surface area contributed by atoms with Crippen molar-refractivity contribution in [1.29, 1.82) is 0 Å². The second-order valence-electron chi connectivity index (χ2n) is 6.90. The molecule has 0 aliphatic rings. The first-order valence-corrected chi connectivity index (χ1v) is 8.45. The number of halogens is 2. The Balaban J connectivity index is 0.00000280. The summed E-state index contributed by atoms with van der Waals surface area (Å²) in [5.74, 6) is -0.331. The summed E-state index contributed by atoms with van der Waals surface area (Å²) < 4.78 is 20.6. The van der Waals surface area contributed by atoms with Crippen LogP contribution < -0.4 is 15.6 Å². The van der Waals surface area contributed by atoms with Gasteiger partial charge in [-0.3, -0.25) is 9.36 Å². The summed E-state index contributed by atoms with van der Waals surface area (Å²) in [5.41, 5.74) is -1.03. The zero-order valence-corrected chi connectivity index (χ0v) is 16.7. The van der Waals surface area contributed by atoms with Crippen molar-refractivity contribution in [3.8, 4) is 11.5 Å². The quantitative estimate of drug-likeness (QED) is 0.673. The van der Waals surface area contributed by atoms with E-state index in [1.165, 1.54) is 35.0 Å². The number of pyridine rings is 1. The minimum absolute atomic E-state index is 0. The molecular formula is C19H22ClFN4O3. The first kappa shape index (κ1) is 21.6. The van der Waals surface area contributed by atoms with Gasteiger partial charge in [-0.2, -0.15) is 4.98 Å². The molecular weight excluding hydrogens is 387 g/mol. The first-order chi connectivity index (χ1) is 12.7. The van der Waals surface area contributed by atoms with Crippen molar-refractivity contribution in [3.63, 3.8) is 0 Å². The van der Waals surface area contributed by atoms with Gasteiger partial charge in [0.2, 0.25) is 5.95 Å². The average molecular weight is 409 g/mol. The third kappa shape index (κ3) is 4.40. The summed E-state index contributed by atoms with van der Waals surface area (Å²) in [6.07, 6.45) is 1.54. The number of benzene rings is 1. The minimum Gasteiger partial charge on any atom is -0.448 e. The van der Waals surface area contributed by atoms with Gasteiger partial charge in [-0.05, 0) is 39.0 Å². The van der Waals surface area contributed by atoms with Crippen LogP contribution in [-0.2, 0) is 7.05 Å². The first-order valence-electron chi connectivity index (χ1n) is 8.45. The highest BCUT2D eigenvalue weighted by molar-refractivity contribution is 5.85. The van der Waals surface area contributed by atoms with E-state index in [0.717, 1.165) is 0 Å². The van der Waals surface area contributed by atoms with Crippen molar-refractivity contribution >= 4 is 29.4 Å². The highest BCUT2D eigenvalue weighted by Crippen LogP contribution is 2.24. The molecule has 1 aromatic carbocycles. The molecule has 1 atom stereocenters. The Hall–Kier alpha value is -2.71. The predicted molar refractivity (Wildman–Crippen MR) is 108 cm³/mol. The van der Waals surface area contributed by atoms with Gasteiger partial charge in [-0.1, -0.05) is 12.1 Å². The van der Waals surface area contributed by atoms with Crippen LogP contribution in [0.4, 0.5) is 10.3 Å². The van der Waals surface area contributed by atoms with E-state index in [1.807, 2.05) is 0 Å². The molecule has 7 nitrogen and oxygen atoms in total. The number of hydrogen-bond donors (Lipinski definition) is 2. The van der Waals surface area contributed by atoms with Crippen LogP contribution in [-0.4, -0.2) is 31.3 Å². The van der Waals surface area contributed by atoms with Crippen LogP contribution in [0.15, 0.2) is 41.3 Å². The Morgan fingerprint density at radius 1 is 1.29 bits per heavy atom. The Bertz CT molecular complexity index is 1050. The number of fused-ring (bicyclic) bond motifs is 1. The van der Waals surface area contributed by atoms with Gasteiger partial charge >= 0.3 is 0 Å². The van der Waals surface area contributed by atoms with E-state index in [1.54, 1.807) is 33.9 Å². The Morgan fingerprint density at radius 2 is 1.96 bits per heavy atom. The third-order valence-electron chi connectivity index (χ3n) is 4.38. The summed E-state index contributed by atoms with van der Waals surface area (Å²) in [4.78, 5) is 21.2. The second kappa shape index (κ2) is 8.12. The molecule has 0 fully saturated rings. The Labute approximate surface area is 167 Å². The van der Waals surface area contributed by atoms with Crippen LogP contribution >= 0.6 is 12.4 Å². The fourth-order valence-corrected chi connectivity index (χ4v) is 2.38. The maximum Gasteiger partial charge on any atom is 0.294 e. The van der Waals surface area contributed by atoms with Gasteiger partial charge in [0.1, 0.15) is 5.65 Å². The molecule has 9 heteroatoms. The number of anilines is 1. The molecule has 0 unspecified atom stereocenters. The molecule has 150 valence electrons. The lowest BCUT2D eigenvalue weighted by atomic mass is 10.0. The summed E-state index contributed by atoms with van der Waals surface area (Å²) in [6.45, 7) is 5.15. The normalized spacial score (nSPS) is 12.4. The van der Waals surface area contributed by atoms with Crippen molar-refractivity contribution in [1.82, 2.24) is 14.5 Å². The predicted octanol–water partition coefficient (Wildman–Crippen LogP) is 3.25. The highest BCUT2D eigenvalue weighted by atomic mass is 35.5. The zero-order chi connectivity index (χ0) is 19.8. The molecule has 0 spiro atoms. The number of rotatable bonds is 5. The van der Waals surface area contributed by atoms with Crippen molar-refractivity contribution < 1.29 is 14.2 Å². The van der Waals surface area contributed by atoms with E-state index in [9.17, 15) is 14.3 Å². The van der Waals surface area contributed by atoms with Gasteiger partial charge < -0.3 is 15.2 Å². The fraction of sp³-hybridized carbons (Fsp3) is 0.316. The molecule has 28 heavy (non-hydrogen) atoms. The third-order valence-corrected chi connectivity index (χ3v) is 4.38. The summed E-state index contributed by atoms with van der Waals surface area (Å²) in [7, 11) is 1.55. The SMILES string of the molecule is C[C@H](Nc1ncc2cc(Oc3ccccc3F)c(=O)n(C)c2n1)C(C)(C)O.Cl. The van der Waals surface area contributed by atoms with Crippen LogP contribution in [0, 0.1) is 5.82 Å². The number of aromatic nitrogens is 3. The van der Waals surface area contributed by atoms with Crippen LogP contribution in [0.2, 0.25) is 0 Å². The monoisotopic (exact) mass is 408 g/mol. The summed E-state index contributed by atoms with van der Waals surface area (Å²) >= 11 is 0. The number of aryl methyl sites for hydroxylation is 1. The highest BCUT2D eigenvalue weighted by Gasteiger charge is 2.23. The molecule has 0 saturated heterocycles. The maximum absolute atomic E-state index is 13.8. The van der Waals surface area contributed by atoms with Gasteiger partial charge in [0, 0.05) is 18.6 Å². The molecule has 0 saturated carbocycles. The standard InChI is InChI=1S/C19H21FN4O3.ClH/c1-11(19(2,3)26)22-18-21-10-12-9-15(17(25)24(4)16(12)23-18)27-14-8-6-5-7-13(14)20;/h5-11,26H,1-4H3,(H,21,22,23);1H/t11-;/m0./s1. The Kier molecular flexibility index (Phi) is 6.26. The van der Waals surface area contributed by atoms with E-state index in [-0.39, 0.29) is 35.9 Å². The Morgan fingerprint density at radius 3 is 2.61 bits per heavy atom. The molecule has 0 bridgehead atoms. The van der Waals surface area contributed by atoms with Crippen LogP contribution in [0.25, 0.3) is 11.0 Å². The van der Waals surface area contributed by atoms with Gasteiger partial charge in [0.15, 0.2) is 17.3 Å². The lowest BCUT2D eigenvalue weighted by Gasteiger charge is -2.26. The number of para-hydroxylation sites is 1. The van der Waals surface area contributed by atoms with Gasteiger partial charge in [-0.25, -0.2) is 9.37 Å². The molecule has 0 aliphatic carbocycles. The average Bonchev–Trinajstić information content (AvgIpc) is 2.61. The number of hydrogen-bond acceptors (Lipinski definition) is 6. The maximum atomic E-state index is 13.8. The molecule has 2 N–H and O–H groups in total. The molecule has 3 rings (SSSR count). The summed E-state index contributed by atoms with van der Waals surface area (Å²) in [6, 6.07) is 7.03. The van der Waals surface area contributed by atoms with E-state index in [4.69, 9.17) is 4.74 Å². The largest absolute Gasteiger partial charge is 0.448 e. The number of nitrogens with zero attached hydrogens (tertiary/aromatic N) is 3. The fourth-order valence-electron chi connectivity index (χ4n) is 2.38. The smallest absolute Gasteiger partial charge is 0.294 e. The van der Waals surface area contributed by atoms with Crippen molar-refractivity contribution in [3.05, 3.63) is 52.7 Å². The molecule has 3 aromatic rings. The van der Waals surface area contributed by atoms with Crippen molar-refractivity contribution in [2.24, 2.45) is 7.05 Å². The topological polar surface area (TPSA) is 89.3 Å². The van der Waals surface area contributed by atoms with Crippen LogP contribution in [0.1, 0.15) is 20.8 Å². The van der Waals surface area contributed by atoms with Crippen LogP contribution in [0.5, 0.6) is 11.5 Å². The van der Waals surface area contributed by atoms with Crippen molar-refractivity contribution in [2.45, 2.75) is 32.4 Å². The molecule has 0 radical (unpaired) electrons. The molecule has 0 aliphatic heterocycles. The van der Waals surface area contributed by atoms with E-state index >= 15 is 0 Å². The lowest BCUT2D eigenvalue weighted by Crippen LogP contribution is -2.39. The van der Waals surface area contributed by atoms with Gasteiger partial charge in [0.05, 0.1) is 11.6 Å². The number of ether oxygens (including phenoxy) is 1. The number of aliphatic hydroxyl groups is 1. The lowest BCUT2D eigenvalue weighted by molar-refractivity contribution is 0.0646. The van der Waals surface area contributed by atoms with Crippen LogP contribution in [0.3, 0.4) is 0 Å². The minimum atomic E-state index is -0.971. The molecule has 2 aromatic heterocycles.